The fourth-order valence-corrected chi connectivity index (χ4v) is 3.44. The number of nitrogens with zero attached hydrogens (tertiary/aromatic N) is 1. The molecule has 0 amide bonds. The molecule has 0 spiro atoms. The standard InChI is InChI=1S/C19H23NO4/c1-3-5-15-18(23)13(10-20-7-4-6-14(21)11-20)9-16-12(2)8-17(22)24-19(15)16/h3,8-9,14,21,23H,1,4-7,10-11H2,2H3. The third-order valence-electron chi connectivity index (χ3n) is 4.61. The minimum atomic E-state index is -0.420. The number of fused-ring (bicyclic) bond motifs is 1. The van der Waals surface area contributed by atoms with Crippen LogP contribution in [0.15, 0.2) is 34.0 Å². The monoisotopic (exact) mass is 329 g/mol. The summed E-state index contributed by atoms with van der Waals surface area (Å²) in [6, 6.07) is 3.35. The highest BCUT2D eigenvalue weighted by Gasteiger charge is 2.21. The number of aromatic hydroxyl groups is 1. The van der Waals surface area contributed by atoms with Gasteiger partial charge in [0.1, 0.15) is 11.3 Å². The lowest BCUT2D eigenvalue weighted by Gasteiger charge is -2.30. The Hall–Kier alpha value is -2.11. The van der Waals surface area contributed by atoms with Crippen LogP contribution in [0.2, 0.25) is 0 Å². The molecule has 5 heteroatoms. The summed E-state index contributed by atoms with van der Waals surface area (Å²) >= 11 is 0. The van der Waals surface area contributed by atoms with Crippen LogP contribution in [0.3, 0.4) is 0 Å². The van der Waals surface area contributed by atoms with Gasteiger partial charge in [-0.2, -0.15) is 0 Å². The molecule has 1 saturated heterocycles. The molecule has 24 heavy (non-hydrogen) atoms. The van der Waals surface area contributed by atoms with Crippen molar-refractivity contribution < 1.29 is 14.6 Å². The summed E-state index contributed by atoms with van der Waals surface area (Å²) in [5, 5.41) is 21.4. The number of rotatable bonds is 4. The van der Waals surface area contributed by atoms with E-state index in [2.05, 4.69) is 11.5 Å². The van der Waals surface area contributed by atoms with Gasteiger partial charge in [-0.05, 0) is 44.4 Å². The normalized spacial score (nSPS) is 18.8. The summed E-state index contributed by atoms with van der Waals surface area (Å²) < 4.78 is 5.35. The quantitative estimate of drug-likeness (QED) is 0.666. The van der Waals surface area contributed by atoms with Crippen LogP contribution in [0.5, 0.6) is 5.75 Å². The maximum absolute atomic E-state index is 11.7. The Labute approximate surface area is 140 Å². The van der Waals surface area contributed by atoms with Crippen molar-refractivity contribution in [2.75, 3.05) is 13.1 Å². The SMILES string of the molecule is C=CCc1c(O)c(CN2CCCC(O)C2)cc2c(C)cc(=O)oc12. The number of phenols is 1. The van der Waals surface area contributed by atoms with Crippen molar-refractivity contribution in [2.45, 2.75) is 38.8 Å². The molecule has 1 aromatic carbocycles. The minimum absolute atomic E-state index is 0.149. The van der Waals surface area contributed by atoms with E-state index in [1.807, 2.05) is 13.0 Å². The first kappa shape index (κ1) is 16.7. The number of hydrogen-bond donors (Lipinski definition) is 2. The molecule has 1 aliphatic heterocycles. The van der Waals surface area contributed by atoms with Crippen LogP contribution < -0.4 is 5.63 Å². The molecule has 3 rings (SSSR count). The van der Waals surface area contributed by atoms with Crippen molar-refractivity contribution in [1.29, 1.82) is 0 Å². The molecule has 1 aliphatic rings. The second kappa shape index (κ2) is 6.79. The molecule has 2 aromatic rings. The maximum Gasteiger partial charge on any atom is 0.336 e. The molecule has 0 radical (unpaired) electrons. The Morgan fingerprint density at radius 1 is 1.46 bits per heavy atom. The lowest BCUT2D eigenvalue weighted by Crippen LogP contribution is -2.37. The van der Waals surface area contributed by atoms with Gasteiger partial charge in [-0.15, -0.1) is 6.58 Å². The number of phenolic OH excluding ortho intramolecular Hbond substituents is 1. The Bertz CT molecular complexity index is 824. The number of allylic oxidation sites excluding steroid dienone is 1. The maximum atomic E-state index is 11.7. The van der Waals surface area contributed by atoms with Crippen LogP contribution in [-0.2, 0) is 13.0 Å². The van der Waals surface area contributed by atoms with E-state index in [1.54, 1.807) is 6.08 Å². The van der Waals surface area contributed by atoms with Crippen molar-refractivity contribution in [3.8, 4) is 5.75 Å². The van der Waals surface area contributed by atoms with Gasteiger partial charge in [-0.1, -0.05) is 6.08 Å². The van der Waals surface area contributed by atoms with Crippen LogP contribution in [0.1, 0.15) is 29.5 Å². The third-order valence-corrected chi connectivity index (χ3v) is 4.61. The predicted molar refractivity (Wildman–Crippen MR) is 93.3 cm³/mol. The Kier molecular flexibility index (Phi) is 4.73. The van der Waals surface area contributed by atoms with Gasteiger partial charge in [0.05, 0.1) is 6.10 Å². The van der Waals surface area contributed by atoms with Crippen molar-refractivity contribution in [3.63, 3.8) is 0 Å². The Morgan fingerprint density at radius 2 is 2.25 bits per heavy atom. The van der Waals surface area contributed by atoms with Crippen molar-refractivity contribution in [1.82, 2.24) is 4.90 Å². The number of hydrogen-bond acceptors (Lipinski definition) is 5. The zero-order chi connectivity index (χ0) is 17.3. The molecule has 1 unspecified atom stereocenters. The Balaban J connectivity index is 2.09. The summed E-state index contributed by atoms with van der Waals surface area (Å²) in [5.41, 5.74) is 2.21. The van der Waals surface area contributed by atoms with Crippen LogP contribution in [0.25, 0.3) is 11.0 Å². The molecule has 2 heterocycles. The molecule has 1 aromatic heterocycles. The average Bonchev–Trinajstić information content (AvgIpc) is 2.52. The van der Waals surface area contributed by atoms with E-state index in [0.717, 1.165) is 35.9 Å². The molecule has 0 bridgehead atoms. The molecule has 5 nitrogen and oxygen atoms in total. The van der Waals surface area contributed by atoms with E-state index in [-0.39, 0.29) is 11.9 Å². The van der Waals surface area contributed by atoms with E-state index >= 15 is 0 Å². The highest BCUT2D eigenvalue weighted by molar-refractivity contribution is 5.86. The summed E-state index contributed by atoms with van der Waals surface area (Å²) in [5.74, 6) is 0.149. The van der Waals surface area contributed by atoms with Gasteiger partial charge in [-0.25, -0.2) is 4.79 Å². The topological polar surface area (TPSA) is 73.9 Å². The average molecular weight is 329 g/mol. The van der Waals surface area contributed by atoms with Gasteiger partial charge in [0, 0.05) is 35.7 Å². The second-order valence-corrected chi connectivity index (χ2v) is 6.51. The molecule has 1 atom stereocenters. The molecular formula is C19H23NO4. The van der Waals surface area contributed by atoms with Crippen LogP contribution in [-0.4, -0.2) is 34.3 Å². The van der Waals surface area contributed by atoms with Crippen molar-refractivity contribution in [2.24, 2.45) is 0 Å². The lowest BCUT2D eigenvalue weighted by atomic mass is 9.98. The number of piperidine rings is 1. The fraction of sp³-hybridized carbons (Fsp3) is 0.421. The van der Waals surface area contributed by atoms with Gasteiger partial charge in [-0.3, -0.25) is 4.90 Å². The number of aliphatic hydroxyl groups is 1. The first-order chi connectivity index (χ1) is 11.5. The number of β-amino-alcohol motifs (C(OH)–C–C–N with tert-alkyl or cyclic N) is 1. The van der Waals surface area contributed by atoms with E-state index in [9.17, 15) is 15.0 Å². The molecule has 1 fully saturated rings. The molecule has 128 valence electrons. The van der Waals surface area contributed by atoms with E-state index in [1.165, 1.54) is 6.07 Å². The highest BCUT2D eigenvalue weighted by atomic mass is 16.4. The van der Waals surface area contributed by atoms with Gasteiger partial charge in [0.15, 0.2) is 0 Å². The smallest absolute Gasteiger partial charge is 0.336 e. The van der Waals surface area contributed by atoms with Gasteiger partial charge >= 0.3 is 5.63 Å². The molecule has 0 saturated carbocycles. The summed E-state index contributed by atoms with van der Waals surface area (Å²) in [6.07, 6.45) is 3.57. The largest absolute Gasteiger partial charge is 0.507 e. The fourth-order valence-electron chi connectivity index (χ4n) is 3.44. The van der Waals surface area contributed by atoms with Crippen molar-refractivity contribution >= 4 is 11.0 Å². The second-order valence-electron chi connectivity index (χ2n) is 6.51. The predicted octanol–water partition coefficient (Wildman–Crippen LogP) is 2.49. The molecule has 0 aliphatic carbocycles. The van der Waals surface area contributed by atoms with Crippen molar-refractivity contribution in [3.05, 3.63) is 51.9 Å². The summed E-state index contributed by atoms with van der Waals surface area (Å²) in [4.78, 5) is 13.8. The summed E-state index contributed by atoms with van der Waals surface area (Å²) in [6.45, 7) is 7.66. The number of likely N-dealkylation sites (tertiary alicyclic amines) is 1. The minimum Gasteiger partial charge on any atom is -0.507 e. The van der Waals surface area contributed by atoms with Crippen LogP contribution >= 0.6 is 0 Å². The number of benzene rings is 1. The Morgan fingerprint density at radius 3 is 2.96 bits per heavy atom. The van der Waals surface area contributed by atoms with Crippen LogP contribution in [0, 0.1) is 6.92 Å². The third kappa shape index (κ3) is 3.23. The molecule has 2 N–H and O–H groups in total. The van der Waals surface area contributed by atoms with Gasteiger partial charge < -0.3 is 14.6 Å². The van der Waals surface area contributed by atoms with E-state index in [4.69, 9.17) is 4.42 Å². The molecular weight excluding hydrogens is 306 g/mol. The number of aryl methyl sites for hydroxylation is 1. The zero-order valence-corrected chi connectivity index (χ0v) is 13.9. The highest BCUT2D eigenvalue weighted by Crippen LogP contribution is 2.34. The summed E-state index contributed by atoms with van der Waals surface area (Å²) in [7, 11) is 0. The lowest BCUT2D eigenvalue weighted by molar-refractivity contribution is 0.0664. The van der Waals surface area contributed by atoms with E-state index in [0.29, 0.717) is 30.7 Å². The van der Waals surface area contributed by atoms with Crippen LogP contribution in [0.4, 0.5) is 0 Å². The van der Waals surface area contributed by atoms with E-state index < -0.39 is 5.63 Å². The zero-order valence-electron chi connectivity index (χ0n) is 13.9. The number of aliphatic hydroxyl groups excluding tert-OH is 1. The van der Waals surface area contributed by atoms with Gasteiger partial charge in [0.25, 0.3) is 0 Å². The first-order valence-corrected chi connectivity index (χ1v) is 8.29. The first-order valence-electron chi connectivity index (χ1n) is 8.29. The van der Waals surface area contributed by atoms with Gasteiger partial charge in [0.2, 0.25) is 0 Å².